The highest BCUT2D eigenvalue weighted by Gasteiger charge is 2.27. The van der Waals surface area contributed by atoms with Crippen molar-refractivity contribution in [2.75, 3.05) is 32.2 Å². The molecule has 1 N–H and O–H groups in total. The highest BCUT2D eigenvalue weighted by molar-refractivity contribution is 5.88. The van der Waals surface area contributed by atoms with Crippen molar-refractivity contribution < 1.29 is 23.8 Å². The van der Waals surface area contributed by atoms with Gasteiger partial charge in [0, 0.05) is 33.2 Å². The number of carboxylic acid groups (broad SMARTS) is 1. The molecule has 0 saturated carbocycles. The second-order valence-electron chi connectivity index (χ2n) is 5.14. The van der Waals surface area contributed by atoms with Gasteiger partial charge in [0.05, 0.1) is 11.3 Å². The highest BCUT2D eigenvalue weighted by atomic mass is 19.1. The Bertz CT molecular complexity index is 496. The minimum absolute atomic E-state index is 0.0371. The van der Waals surface area contributed by atoms with Crippen LogP contribution in [-0.4, -0.2) is 44.7 Å². The Hall–Kier alpha value is -1.66. The molecule has 0 atom stereocenters. The Kier molecular flexibility index (Phi) is 5.14. The standard InChI is InChI=1S/C15H20FNO4/c1-20-15(21-2)10-5-7-17(8-6-10)13-4-3-11(14(18)19)9-12(13)16/h3-4,9-10,15H,5-8H2,1-2H3,(H,18,19). The number of halogens is 1. The fourth-order valence-electron chi connectivity index (χ4n) is 2.79. The zero-order chi connectivity index (χ0) is 15.4. The Balaban J connectivity index is 2.04. The van der Waals surface area contributed by atoms with Crippen LogP contribution in [0.3, 0.4) is 0 Å². The van der Waals surface area contributed by atoms with Gasteiger partial charge in [0.1, 0.15) is 5.82 Å². The summed E-state index contributed by atoms with van der Waals surface area (Å²) in [6.45, 7) is 1.38. The Morgan fingerprint density at radius 2 is 1.95 bits per heavy atom. The molecule has 2 rings (SSSR count). The van der Waals surface area contributed by atoms with Gasteiger partial charge < -0.3 is 19.5 Å². The largest absolute Gasteiger partial charge is 0.478 e. The predicted octanol–water partition coefficient (Wildman–Crippen LogP) is 2.36. The lowest BCUT2D eigenvalue weighted by Gasteiger charge is -2.36. The number of ether oxygens (including phenoxy) is 2. The molecule has 0 spiro atoms. The number of anilines is 1. The van der Waals surface area contributed by atoms with Gasteiger partial charge in [-0.15, -0.1) is 0 Å². The quantitative estimate of drug-likeness (QED) is 0.845. The van der Waals surface area contributed by atoms with Gasteiger partial charge >= 0.3 is 5.97 Å². The van der Waals surface area contributed by atoms with Crippen molar-refractivity contribution in [3.05, 3.63) is 29.6 Å². The molecular formula is C15H20FNO4. The van der Waals surface area contributed by atoms with Crippen molar-refractivity contribution in [3.8, 4) is 0 Å². The normalized spacial score (nSPS) is 16.5. The molecule has 21 heavy (non-hydrogen) atoms. The van der Waals surface area contributed by atoms with E-state index in [0.717, 1.165) is 18.9 Å². The van der Waals surface area contributed by atoms with Gasteiger partial charge in [-0.1, -0.05) is 0 Å². The number of benzene rings is 1. The van der Waals surface area contributed by atoms with Crippen molar-refractivity contribution in [2.45, 2.75) is 19.1 Å². The lowest BCUT2D eigenvalue weighted by atomic mass is 9.95. The first-order valence-corrected chi connectivity index (χ1v) is 6.90. The van der Waals surface area contributed by atoms with E-state index >= 15 is 0 Å². The number of nitrogens with zero attached hydrogens (tertiary/aromatic N) is 1. The molecule has 0 unspecified atom stereocenters. The summed E-state index contributed by atoms with van der Waals surface area (Å²) in [7, 11) is 3.23. The topological polar surface area (TPSA) is 59.0 Å². The summed E-state index contributed by atoms with van der Waals surface area (Å²) in [4.78, 5) is 12.7. The molecule has 1 aromatic carbocycles. The van der Waals surface area contributed by atoms with Crippen LogP contribution in [0.25, 0.3) is 0 Å². The minimum Gasteiger partial charge on any atom is -0.478 e. The van der Waals surface area contributed by atoms with Crippen molar-refractivity contribution >= 4 is 11.7 Å². The summed E-state index contributed by atoms with van der Waals surface area (Å²) in [5, 5.41) is 8.85. The minimum atomic E-state index is -1.12. The number of hydrogen-bond donors (Lipinski definition) is 1. The molecule has 1 aliphatic heterocycles. The maximum Gasteiger partial charge on any atom is 0.335 e. The summed E-state index contributed by atoms with van der Waals surface area (Å²) in [6.07, 6.45) is 1.45. The lowest BCUT2D eigenvalue weighted by Crippen LogP contribution is -2.39. The molecule has 0 amide bonds. The molecule has 0 bridgehead atoms. The molecule has 1 heterocycles. The molecule has 1 aromatic rings. The Morgan fingerprint density at radius 3 is 2.43 bits per heavy atom. The predicted molar refractivity (Wildman–Crippen MR) is 76.1 cm³/mol. The molecule has 0 aliphatic carbocycles. The van der Waals surface area contributed by atoms with Crippen LogP contribution in [0, 0.1) is 11.7 Å². The average Bonchev–Trinajstić information content (AvgIpc) is 2.49. The van der Waals surface area contributed by atoms with Crippen molar-refractivity contribution in [1.29, 1.82) is 0 Å². The zero-order valence-electron chi connectivity index (χ0n) is 12.2. The number of carboxylic acids is 1. The fourth-order valence-corrected chi connectivity index (χ4v) is 2.79. The summed E-state index contributed by atoms with van der Waals surface area (Å²) in [5.41, 5.74) is 0.412. The summed E-state index contributed by atoms with van der Waals surface area (Å²) in [5.74, 6) is -1.33. The van der Waals surface area contributed by atoms with Crippen LogP contribution >= 0.6 is 0 Å². The first-order valence-electron chi connectivity index (χ1n) is 6.90. The van der Waals surface area contributed by atoms with Crippen LogP contribution < -0.4 is 4.90 Å². The number of piperidine rings is 1. The van der Waals surface area contributed by atoms with Gasteiger partial charge in [-0.25, -0.2) is 9.18 Å². The molecule has 6 heteroatoms. The number of aromatic carboxylic acids is 1. The smallest absolute Gasteiger partial charge is 0.335 e. The fraction of sp³-hybridized carbons (Fsp3) is 0.533. The molecule has 1 aliphatic rings. The van der Waals surface area contributed by atoms with E-state index < -0.39 is 11.8 Å². The maximum absolute atomic E-state index is 14.0. The van der Waals surface area contributed by atoms with Crippen LogP contribution in [0.1, 0.15) is 23.2 Å². The summed E-state index contributed by atoms with van der Waals surface area (Å²) >= 11 is 0. The Morgan fingerprint density at radius 1 is 1.33 bits per heavy atom. The third-order valence-corrected chi connectivity index (χ3v) is 3.92. The summed E-state index contributed by atoms with van der Waals surface area (Å²) in [6, 6.07) is 4.03. The van der Waals surface area contributed by atoms with Gasteiger partial charge in [-0.3, -0.25) is 0 Å². The third kappa shape index (κ3) is 3.51. The average molecular weight is 297 g/mol. The van der Waals surface area contributed by atoms with Gasteiger partial charge in [-0.2, -0.15) is 0 Å². The van der Waals surface area contributed by atoms with Crippen LogP contribution in [0.4, 0.5) is 10.1 Å². The Labute approximate surface area is 123 Å². The van der Waals surface area contributed by atoms with E-state index in [0.29, 0.717) is 18.8 Å². The second-order valence-corrected chi connectivity index (χ2v) is 5.14. The van der Waals surface area contributed by atoms with E-state index in [1.165, 1.54) is 12.1 Å². The van der Waals surface area contributed by atoms with E-state index in [1.807, 2.05) is 4.90 Å². The van der Waals surface area contributed by atoms with E-state index in [2.05, 4.69) is 0 Å². The van der Waals surface area contributed by atoms with Gasteiger partial charge in [0.2, 0.25) is 0 Å². The van der Waals surface area contributed by atoms with Crippen LogP contribution in [0.5, 0.6) is 0 Å². The first kappa shape index (κ1) is 15.7. The van der Waals surface area contributed by atoms with Crippen molar-refractivity contribution in [1.82, 2.24) is 0 Å². The van der Waals surface area contributed by atoms with E-state index in [-0.39, 0.29) is 17.8 Å². The van der Waals surface area contributed by atoms with Crippen molar-refractivity contribution in [2.24, 2.45) is 5.92 Å². The zero-order valence-corrected chi connectivity index (χ0v) is 12.2. The van der Waals surface area contributed by atoms with Crippen LogP contribution in [0.15, 0.2) is 18.2 Å². The van der Waals surface area contributed by atoms with Crippen LogP contribution in [-0.2, 0) is 9.47 Å². The molecule has 0 radical (unpaired) electrons. The van der Waals surface area contributed by atoms with E-state index in [9.17, 15) is 9.18 Å². The SMILES string of the molecule is COC(OC)C1CCN(c2ccc(C(=O)O)cc2F)CC1. The monoisotopic (exact) mass is 297 g/mol. The number of rotatable bonds is 5. The highest BCUT2D eigenvalue weighted by Crippen LogP contribution is 2.28. The molecule has 5 nitrogen and oxygen atoms in total. The number of methoxy groups -OCH3 is 2. The molecule has 1 fully saturated rings. The van der Waals surface area contributed by atoms with E-state index in [1.54, 1.807) is 14.2 Å². The number of carbonyl (C=O) groups is 1. The van der Waals surface area contributed by atoms with Gasteiger partial charge in [-0.05, 0) is 31.0 Å². The lowest BCUT2D eigenvalue weighted by molar-refractivity contribution is -0.141. The maximum atomic E-state index is 14.0. The molecule has 1 saturated heterocycles. The second kappa shape index (κ2) is 6.87. The molecular weight excluding hydrogens is 277 g/mol. The summed E-state index contributed by atoms with van der Waals surface area (Å²) < 4.78 is 24.6. The van der Waals surface area contributed by atoms with Crippen molar-refractivity contribution in [3.63, 3.8) is 0 Å². The third-order valence-electron chi connectivity index (χ3n) is 3.92. The number of hydrogen-bond acceptors (Lipinski definition) is 4. The van der Waals surface area contributed by atoms with Gasteiger partial charge in [0.15, 0.2) is 6.29 Å². The van der Waals surface area contributed by atoms with E-state index in [4.69, 9.17) is 14.6 Å². The molecule has 116 valence electrons. The van der Waals surface area contributed by atoms with Gasteiger partial charge in [0.25, 0.3) is 0 Å². The molecule has 0 aromatic heterocycles. The first-order chi connectivity index (χ1) is 10.1. The van der Waals surface area contributed by atoms with Crippen LogP contribution in [0.2, 0.25) is 0 Å².